The number of halogens is 1. The van der Waals surface area contributed by atoms with Crippen LogP contribution in [0.4, 0.5) is 0 Å². The molecule has 1 heterocycles. The molecule has 0 aliphatic heterocycles. The van der Waals surface area contributed by atoms with Crippen molar-refractivity contribution in [1.82, 2.24) is 9.97 Å². The van der Waals surface area contributed by atoms with Gasteiger partial charge >= 0.3 is 0 Å². The van der Waals surface area contributed by atoms with Crippen LogP contribution in [0.25, 0.3) is 0 Å². The van der Waals surface area contributed by atoms with Crippen molar-refractivity contribution < 1.29 is 4.74 Å². The van der Waals surface area contributed by atoms with Crippen molar-refractivity contribution in [3.63, 3.8) is 0 Å². The summed E-state index contributed by atoms with van der Waals surface area (Å²) in [4.78, 5) is 8.23. The molecule has 2 aromatic rings. The molecular formula is C13H13BrN2O. The van der Waals surface area contributed by atoms with Crippen LogP contribution in [-0.4, -0.2) is 16.6 Å². The second-order valence-corrected chi connectivity index (χ2v) is 4.40. The molecule has 0 fully saturated rings. The Bertz CT molecular complexity index is 485. The van der Waals surface area contributed by atoms with Crippen molar-refractivity contribution in [3.8, 4) is 5.75 Å². The van der Waals surface area contributed by atoms with Crippen molar-refractivity contribution in [3.05, 3.63) is 52.5 Å². The maximum atomic E-state index is 5.40. The van der Waals surface area contributed by atoms with Gasteiger partial charge in [-0.05, 0) is 46.6 Å². The van der Waals surface area contributed by atoms with Gasteiger partial charge in [-0.1, -0.05) is 12.1 Å². The summed E-state index contributed by atoms with van der Waals surface area (Å²) < 4.78 is 6.21. The molecular weight excluding hydrogens is 280 g/mol. The van der Waals surface area contributed by atoms with Gasteiger partial charge < -0.3 is 4.74 Å². The lowest BCUT2D eigenvalue weighted by Crippen LogP contribution is -1.94. The van der Waals surface area contributed by atoms with E-state index in [4.69, 9.17) is 4.74 Å². The van der Waals surface area contributed by atoms with Gasteiger partial charge in [0, 0.05) is 12.1 Å². The van der Waals surface area contributed by atoms with E-state index in [1.807, 2.05) is 25.1 Å². The van der Waals surface area contributed by atoms with Gasteiger partial charge in [0.05, 0.1) is 6.61 Å². The molecule has 0 amide bonds. The molecule has 2 rings (SSSR count). The fraction of sp³-hybridized carbons (Fsp3) is 0.231. The third kappa shape index (κ3) is 3.53. The van der Waals surface area contributed by atoms with Gasteiger partial charge in [0.2, 0.25) is 0 Å². The van der Waals surface area contributed by atoms with Gasteiger partial charge in [0.25, 0.3) is 0 Å². The molecule has 0 N–H and O–H groups in total. The zero-order valence-electron chi connectivity index (χ0n) is 9.56. The lowest BCUT2D eigenvalue weighted by molar-refractivity contribution is 0.340. The van der Waals surface area contributed by atoms with Gasteiger partial charge in [-0.3, -0.25) is 0 Å². The summed E-state index contributed by atoms with van der Waals surface area (Å²) in [6, 6.07) is 10.0. The van der Waals surface area contributed by atoms with Gasteiger partial charge in [0.15, 0.2) is 0 Å². The van der Waals surface area contributed by atoms with Crippen LogP contribution in [-0.2, 0) is 6.42 Å². The fourth-order valence-corrected chi connectivity index (χ4v) is 1.90. The number of hydrogen-bond donors (Lipinski definition) is 0. The first-order chi connectivity index (χ1) is 8.28. The molecule has 0 spiro atoms. The Labute approximate surface area is 109 Å². The summed E-state index contributed by atoms with van der Waals surface area (Å²) in [6.45, 7) is 2.67. The zero-order chi connectivity index (χ0) is 12.1. The van der Waals surface area contributed by atoms with E-state index in [-0.39, 0.29) is 0 Å². The molecule has 0 unspecified atom stereocenters. The van der Waals surface area contributed by atoms with Crippen molar-refractivity contribution >= 4 is 15.9 Å². The summed E-state index contributed by atoms with van der Waals surface area (Å²) in [5.41, 5.74) is 2.20. The van der Waals surface area contributed by atoms with E-state index in [2.05, 4.69) is 38.0 Å². The van der Waals surface area contributed by atoms with Crippen molar-refractivity contribution in [2.75, 3.05) is 6.61 Å². The van der Waals surface area contributed by atoms with E-state index in [9.17, 15) is 0 Å². The molecule has 0 saturated carbocycles. The highest BCUT2D eigenvalue weighted by atomic mass is 79.9. The second kappa shape index (κ2) is 5.77. The van der Waals surface area contributed by atoms with Crippen LogP contribution in [0, 0.1) is 0 Å². The quantitative estimate of drug-likeness (QED) is 0.812. The summed E-state index contributed by atoms with van der Waals surface area (Å²) in [5.74, 6) is 0.903. The van der Waals surface area contributed by atoms with Crippen molar-refractivity contribution in [2.45, 2.75) is 13.3 Å². The van der Waals surface area contributed by atoms with E-state index in [0.717, 1.165) is 22.5 Å². The summed E-state index contributed by atoms with van der Waals surface area (Å²) >= 11 is 3.34. The largest absolute Gasteiger partial charge is 0.494 e. The first-order valence-electron chi connectivity index (χ1n) is 5.46. The Balaban J connectivity index is 2.08. The number of ether oxygens (including phenoxy) is 1. The molecule has 0 aliphatic rings. The molecule has 3 nitrogen and oxygen atoms in total. The topological polar surface area (TPSA) is 35.0 Å². The normalized spacial score (nSPS) is 10.2. The maximum Gasteiger partial charge on any atom is 0.119 e. The van der Waals surface area contributed by atoms with Crippen molar-refractivity contribution in [1.29, 1.82) is 0 Å². The highest BCUT2D eigenvalue weighted by molar-refractivity contribution is 9.10. The number of benzene rings is 1. The van der Waals surface area contributed by atoms with E-state index in [0.29, 0.717) is 6.61 Å². The predicted octanol–water partition coefficient (Wildman–Crippen LogP) is 3.23. The van der Waals surface area contributed by atoms with Crippen LogP contribution in [0.1, 0.15) is 18.2 Å². The summed E-state index contributed by atoms with van der Waals surface area (Å²) in [5, 5.41) is 0. The Morgan fingerprint density at radius 2 is 1.94 bits per heavy atom. The van der Waals surface area contributed by atoms with Crippen LogP contribution >= 0.6 is 15.9 Å². The van der Waals surface area contributed by atoms with Gasteiger partial charge in [-0.15, -0.1) is 0 Å². The average molecular weight is 293 g/mol. The number of rotatable bonds is 4. The van der Waals surface area contributed by atoms with Crippen molar-refractivity contribution in [2.24, 2.45) is 0 Å². The Hall–Kier alpha value is -1.42. The van der Waals surface area contributed by atoms with Gasteiger partial charge in [-0.25, -0.2) is 9.97 Å². The molecule has 0 bridgehead atoms. The second-order valence-electron chi connectivity index (χ2n) is 3.59. The molecule has 0 radical (unpaired) electrons. The van der Waals surface area contributed by atoms with E-state index in [1.54, 1.807) is 6.33 Å². The van der Waals surface area contributed by atoms with Crippen LogP contribution in [0.3, 0.4) is 0 Å². The fourth-order valence-electron chi connectivity index (χ4n) is 1.55. The Morgan fingerprint density at radius 3 is 2.59 bits per heavy atom. The lowest BCUT2D eigenvalue weighted by atomic mass is 10.1. The zero-order valence-corrected chi connectivity index (χ0v) is 11.1. The molecule has 4 heteroatoms. The minimum Gasteiger partial charge on any atom is -0.494 e. The standard InChI is InChI=1S/C13H13BrN2O/c1-2-17-12-5-3-10(4-6-12)7-11-8-13(14)16-9-15-11/h3-6,8-9H,2,7H2,1H3. The van der Waals surface area contributed by atoms with Crippen LogP contribution in [0.15, 0.2) is 41.3 Å². The predicted molar refractivity (Wildman–Crippen MR) is 70.1 cm³/mol. The minimum atomic E-state index is 0.693. The Kier molecular flexibility index (Phi) is 4.09. The van der Waals surface area contributed by atoms with Gasteiger partial charge in [-0.2, -0.15) is 0 Å². The monoisotopic (exact) mass is 292 g/mol. The molecule has 1 aromatic carbocycles. The molecule has 17 heavy (non-hydrogen) atoms. The van der Waals surface area contributed by atoms with E-state index in [1.165, 1.54) is 5.56 Å². The summed E-state index contributed by atoms with van der Waals surface area (Å²) in [6.07, 6.45) is 2.36. The number of aromatic nitrogens is 2. The number of hydrogen-bond acceptors (Lipinski definition) is 3. The SMILES string of the molecule is CCOc1ccc(Cc2cc(Br)ncn2)cc1. The van der Waals surface area contributed by atoms with Crippen LogP contribution in [0.2, 0.25) is 0 Å². The molecule has 0 saturated heterocycles. The number of nitrogens with zero attached hydrogens (tertiary/aromatic N) is 2. The maximum absolute atomic E-state index is 5.40. The van der Waals surface area contributed by atoms with E-state index >= 15 is 0 Å². The van der Waals surface area contributed by atoms with Gasteiger partial charge in [0.1, 0.15) is 16.7 Å². The Morgan fingerprint density at radius 1 is 1.18 bits per heavy atom. The highest BCUT2D eigenvalue weighted by Gasteiger charge is 2.00. The molecule has 0 aliphatic carbocycles. The smallest absolute Gasteiger partial charge is 0.119 e. The first-order valence-corrected chi connectivity index (χ1v) is 6.25. The minimum absolute atomic E-state index is 0.693. The molecule has 0 atom stereocenters. The van der Waals surface area contributed by atoms with Crippen LogP contribution < -0.4 is 4.74 Å². The van der Waals surface area contributed by atoms with Crippen LogP contribution in [0.5, 0.6) is 5.75 Å². The summed E-state index contributed by atoms with van der Waals surface area (Å²) in [7, 11) is 0. The lowest BCUT2D eigenvalue weighted by Gasteiger charge is -2.04. The third-order valence-corrected chi connectivity index (χ3v) is 2.74. The molecule has 88 valence electrons. The first kappa shape index (κ1) is 12.0. The van der Waals surface area contributed by atoms with E-state index < -0.39 is 0 Å². The molecule has 1 aromatic heterocycles. The highest BCUT2D eigenvalue weighted by Crippen LogP contribution is 2.15. The third-order valence-electron chi connectivity index (χ3n) is 2.31. The average Bonchev–Trinajstić information content (AvgIpc) is 2.32.